The Morgan fingerprint density at radius 3 is 2.56 bits per heavy atom. The van der Waals surface area contributed by atoms with E-state index in [1.807, 2.05) is 12.1 Å². The lowest BCUT2D eigenvalue weighted by Crippen LogP contribution is -2.10. The highest BCUT2D eigenvalue weighted by Gasteiger charge is 2.23. The number of hydrogen-bond acceptors (Lipinski definition) is 3. The second kappa shape index (κ2) is 5.19. The van der Waals surface area contributed by atoms with E-state index in [9.17, 15) is 4.79 Å². The molecule has 0 radical (unpaired) electrons. The van der Waals surface area contributed by atoms with Gasteiger partial charge in [0.25, 0.3) is 0 Å². The summed E-state index contributed by atoms with van der Waals surface area (Å²) < 4.78 is 4.89. The normalized spacial score (nSPS) is 13.6. The van der Waals surface area contributed by atoms with Crippen LogP contribution in [0.25, 0.3) is 0 Å². The number of hydrogen-bond donors (Lipinski definition) is 0. The molecule has 1 rings (SSSR count). The lowest BCUT2D eigenvalue weighted by atomic mass is 9.95. The zero-order valence-corrected chi connectivity index (χ0v) is 11.6. The van der Waals surface area contributed by atoms with Crippen molar-refractivity contribution in [2.75, 3.05) is 6.61 Å². The summed E-state index contributed by atoms with van der Waals surface area (Å²) in [5.74, 6) is -0.369. The summed E-state index contributed by atoms with van der Waals surface area (Å²) in [6.45, 7) is 8.54. The van der Waals surface area contributed by atoms with Crippen LogP contribution in [0.5, 0.6) is 0 Å². The van der Waals surface area contributed by atoms with Crippen LogP contribution in [0, 0.1) is 0 Å². The van der Waals surface area contributed by atoms with Gasteiger partial charge in [-0.1, -0.05) is 20.8 Å². The van der Waals surface area contributed by atoms with Crippen LogP contribution in [0.1, 0.15) is 42.8 Å². The van der Waals surface area contributed by atoms with Gasteiger partial charge in [0.1, 0.15) is 0 Å². The SMILES string of the molecule is CCOC(=O)C(Cl)c1ccc(C(C)(C)C)s1. The van der Waals surface area contributed by atoms with Crippen LogP contribution >= 0.6 is 22.9 Å². The van der Waals surface area contributed by atoms with Gasteiger partial charge in [0.2, 0.25) is 0 Å². The molecule has 0 aliphatic heterocycles. The molecule has 0 aliphatic rings. The number of halogens is 1. The van der Waals surface area contributed by atoms with Crippen LogP contribution in [0.3, 0.4) is 0 Å². The Morgan fingerprint density at radius 2 is 2.12 bits per heavy atom. The van der Waals surface area contributed by atoms with E-state index in [1.165, 1.54) is 4.88 Å². The van der Waals surface area contributed by atoms with Gasteiger partial charge in [-0.2, -0.15) is 0 Å². The monoisotopic (exact) mass is 260 g/mol. The minimum absolute atomic E-state index is 0.0915. The van der Waals surface area contributed by atoms with Gasteiger partial charge in [-0.15, -0.1) is 22.9 Å². The number of carbonyl (C=O) groups is 1. The number of carbonyl (C=O) groups excluding carboxylic acids is 1. The average Bonchev–Trinajstić information content (AvgIpc) is 2.65. The van der Waals surface area contributed by atoms with E-state index >= 15 is 0 Å². The van der Waals surface area contributed by atoms with Crippen molar-refractivity contribution in [3.8, 4) is 0 Å². The molecule has 0 saturated heterocycles. The molecule has 2 nitrogen and oxygen atoms in total. The Kier molecular flexibility index (Phi) is 4.39. The van der Waals surface area contributed by atoms with E-state index in [-0.39, 0.29) is 11.4 Å². The number of thiophene rings is 1. The van der Waals surface area contributed by atoms with Gasteiger partial charge < -0.3 is 4.74 Å². The molecule has 1 aromatic rings. The Bertz CT molecular complexity index is 365. The number of ether oxygens (including phenoxy) is 1. The van der Waals surface area contributed by atoms with Crippen LogP contribution in [-0.4, -0.2) is 12.6 Å². The van der Waals surface area contributed by atoms with Crippen molar-refractivity contribution in [2.45, 2.75) is 38.5 Å². The number of alkyl halides is 1. The van der Waals surface area contributed by atoms with E-state index in [0.717, 1.165) is 4.88 Å². The van der Waals surface area contributed by atoms with Gasteiger partial charge in [0.05, 0.1) is 6.61 Å². The van der Waals surface area contributed by atoms with Crippen LogP contribution in [0.15, 0.2) is 12.1 Å². The van der Waals surface area contributed by atoms with Crippen molar-refractivity contribution < 1.29 is 9.53 Å². The lowest BCUT2D eigenvalue weighted by Gasteiger charge is -2.15. The summed E-state index contributed by atoms with van der Waals surface area (Å²) in [5.41, 5.74) is 0.0915. The highest BCUT2D eigenvalue weighted by atomic mass is 35.5. The van der Waals surface area contributed by atoms with E-state index < -0.39 is 5.38 Å². The molecule has 0 amide bonds. The van der Waals surface area contributed by atoms with E-state index in [0.29, 0.717) is 6.61 Å². The summed E-state index contributed by atoms with van der Waals surface area (Å²) in [5, 5.41) is -0.680. The summed E-state index contributed by atoms with van der Waals surface area (Å²) in [4.78, 5) is 13.5. The standard InChI is InChI=1S/C12H17ClO2S/c1-5-15-11(14)10(13)8-6-7-9(16-8)12(2,3)4/h6-7,10H,5H2,1-4H3. The van der Waals surface area contributed by atoms with Crippen LogP contribution in [0.2, 0.25) is 0 Å². The maximum atomic E-state index is 11.5. The fourth-order valence-corrected chi connectivity index (χ4v) is 2.53. The summed E-state index contributed by atoms with van der Waals surface area (Å²) >= 11 is 7.60. The van der Waals surface area contributed by atoms with Crippen molar-refractivity contribution in [3.05, 3.63) is 21.9 Å². The molecule has 1 aromatic heterocycles. The topological polar surface area (TPSA) is 26.3 Å². The van der Waals surface area contributed by atoms with E-state index in [2.05, 4.69) is 20.8 Å². The first-order valence-electron chi connectivity index (χ1n) is 5.27. The summed E-state index contributed by atoms with van der Waals surface area (Å²) in [6, 6.07) is 3.93. The predicted octanol–water partition coefficient (Wildman–Crippen LogP) is 3.89. The van der Waals surface area contributed by atoms with E-state index in [1.54, 1.807) is 18.3 Å². The zero-order chi connectivity index (χ0) is 12.3. The third-order valence-corrected chi connectivity index (χ3v) is 4.23. The molecule has 0 aromatic carbocycles. The minimum Gasteiger partial charge on any atom is -0.465 e. The van der Waals surface area contributed by atoms with Crippen LogP contribution in [0.4, 0.5) is 0 Å². The Morgan fingerprint density at radius 1 is 1.50 bits per heavy atom. The molecule has 1 atom stereocenters. The molecule has 90 valence electrons. The fourth-order valence-electron chi connectivity index (χ4n) is 1.22. The van der Waals surface area contributed by atoms with Crippen LogP contribution < -0.4 is 0 Å². The van der Waals surface area contributed by atoms with Gasteiger partial charge >= 0.3 is 5.97 Å². The maximum Gasteiger partial charge on any atom is 0.329 e. The highest BCUT2D eigenvalue weighted by molar-refractivity contribution is 7.12. The Labute approximate surface area is 106 Å². The van der Waals surface area contributed by atoms with Crippen molar-refractivity contribution in [3.63, 3.8) is 0 Å². The molecule has 0 spiro atoms. The molecule has 0 aliphatic carbocycles. The maximum absolute atomic E-state index is 11.5. The van der Waals surface area contributed by atoms with Crippen molar-refractivity contribution in [2.24, 2.45) is 0 Å². The van der Waals surface area contributed by atoms with Gasteiger partial charge in [-0.25, -0.2) is 0 Å². The summed E-state index contributed by atoms with van der Waals surface area (Å²) in [6.07, 6.45) is 0. The number of rotatable bonds is 3. The molecule has 0 N–H and O–H groups in total. The number of esters is 1. The average molecular weight is 261 g/mol. The van der Waals surface area contributed by atoms with Gasteiger partial charge in [-0.3, -0.25) is 4.79 Å². The third kappa shape index (κ3) is 3.22. The highest BCUT2D eigenvalue weighted by Crippen LogP contribution is 2.35. The fraction of sp³-hybridized carbons (Fsp3) is 0.583. The predicted molar refractivity (Wildman–Crippen MR) is 68.2 cm³/mol. The lowest BCUT2D eigenvalue weighted by molar-refractivity contribution is -0.142. The second-order valence-corrected chi connectivity index (χ2v) is 6.12. The molecule has 4 heteroatoms. The third-order valence-electron chi connectivity index (χ3n) is 2.11. The van der Waals surface area contributed by atoms with Gasteiger partial charge in [0.15, 0.2) is 5.38 Å². The van der Waals surface area contributed by atoms with Crippen molar-refractivity contribution in [1.29, 1.82) is 0 Å². The van der Waals surface area contributed by atoms with E-state index in [4.69, 9.17) is 16.3 Å². The Hall–Kier alpha value is -0.540. The molecule has 1 unspecified atom stereocenters. The summed E-state index contributed by atoms with van der Waals surface area (Å²) in [7, 11) is 0. The molecule has 0 fully saturated rings. The van der Waals surface area contributed by atoms with Gasteiger partial charge in [0, 0.05) is 9.75 Å². The molecule has 1 heterocycles. The molecule has 16 heavy (non-hydrogen) atoms. The quantitative estimate of drug-likeness (QED) is 0.609. The Balaban J connectivity index is 2.82. The molecule has 0 saturated carbocycles. The smallest absolute Gasteiger partial charge is 0.329 e. The van der Waals surface area contributed by atoms with Gasteiger partial charge in [-0.05, 0) is 24.5 Å². The largest absolute Gasteiger partial charge is 0.465 e. The van der Waals surface area contributed by atoms with Crippen molar-refractivity contribution in [1.82, 2.24) is 0 Å². The van der Waals surface area contributed by atoms with Crippen molar-refractivity contribution >= 4 is 28.9 Å². The first kappa shape index (κ1) is 13.5. The second-order valence-electron chi connectivity index (χ2n) is 4.57. The minimum atomic E-state index is -0.680. The first-order chi connectivity index (χ1) is 7.36. The molecule has 0 bridgehead atoms. The van der Waals surface area contributed by atoms with Crippen LogP contribution in [-0.2, 0) is 14.9 Å². The zero-order valence-electron chi connectivity index (χ0n) is 10.0. The molecular formula is C12H17ClO2S. The first-order valence-corrected chi connectivity index (χ1v) is 6.52. The molecular weight excluding hydrogens is 244 g/mol.